The van der Waals surface area contributed by atoms with Gasteiger partial charge in [-0.25, -0.2) is 4.39 Å². The van der Waals surface area contributed by atoms with E-state index in [0.29, 0.717) is 0 Å². The van der Waals surface area contributed by atoms with Gasteiger partial charge in [-0.05, 0) is 0 Å². The Morgan fingerprint density at radius 2 is 2.18 bits per heavy atom. The summed E-state index contributed by atoms with van der Waals surface area (Å²) < 4.78 is 15.6. The summed E-state index contributed by atoms with van der Waals surface area (Å²) in [6.07, 6.45) is -0.544. The van der Waals surface area contributed by atoms with Crippen LogP contribution in [-0.4, -0.2) is 47.3 Å². The quantitative estimate of drug-likeness (QED) is 0.472. The van der Waals surface area contributed by atoms with Crippen LogP contribution >= 0.6 is 15.9 Å². The molecule has 0 aromatic rings. The zero-order valence-electron chi connectivity index (χ0n) is 4.83. The average molecular weight is 223 g/mol. The number of carbonyl (C=O) groups is 1. The first-order valence-corrected chi connectivity index (χ1v) is 3.27. The van der Waals surface area contributed by atoms with Gasteiger partial charge < -0.3 is 14.7 Å². The molecule has 1 atom stereocenters. The number of rotatable bonds is 3. The molecule has 0 aliphatic carbocycles. The summed E-state index contributed by atoms with van der Waals surface area (Å²) in [6.45, 7) is 0. The first-order chi connectivity index (χ1) is 4.52. The zero-order valence-corrected chi connectivity index (χ0v) is 6.41. The molecule has 60 valence electrons. The van der Waals surface area contributed by atoms with E-state index in [4.69, 9.17) is 10.0 Å². The average Bonchev–Trinajstić information content (AvgIpc) is 1.58. The van der Waals surface area contributed by atoms with Crippen LogP contribution in [0.2, 0.25) is 0 Å². The van der Waals surface area contributed by atoms with Crippen molar-refractivity contribution in [2.45, 2.75) is 11.5 Å². The molecule has 1 unspecified atom stereocenters. The van der Waals surface area contributed by atoms with E-state index < -0.39 is 24.8 Å². The first-order valence-electron chi connectivity index (χ1n) is 2.36. The van der Waals surface area contributed by atoms with E-state index >= 15 is 0 Å². The fourth-order valence-electron chi connectivity index (χ4n) is 0.292. The summed E-state index contributed by atoms with van der Waals surface area (Å²) >= 11 is 2.43. The molecular weight excluding hydrogens is 217 g/mol. The third kappa shape index (κ3) is 10.5. The summed E-state index contributed by atoms with van der Waals surface area (Å²) in [6, 6.07) is 0. The Labute approximate surface area is 83.6 Å². The summed E-state index contributed by atoms with van der Waals surface area (Å²) in [5.74, 6) is -1.01. The van der Waals surface area contributed by atoms with Crippen molar-refractivity contribution in [3.05, 3.63) is 0 Å². The Kier molecular flexibility index (Phi) is 9.08. The summed E-state index contributed by atoms with van der Waals surface area (Å²) in [4.78, 5) is 10.3. The number of halogens is 2. The van der Waals surface area contributed by atoms with Gasteiger partial charge in [-0.15, -0.1) is 0 Å². The zero-order chi connectivity index (χ0) is 8.15. The van der Waals surface area contributed by atoms with Crippen LogP contribution in [0.15, 0.2) is 0 Å². The molecule has 0 aromatic heterocycles. The molecule has 2 N–H and O–H groups in total. The van der Waals surface area contributed by atoms with Crippen molar-refractivity contribution in [3.8, 4) is 0 Å². The minimum atomic E-state index is -2.17. The number of alkyl halides is 2. The molecule has 0 bridgehead atoms. The number of hydrogen-bond donors (Lipinski definition) is 2. The van der Waals surface area contributed by atoms with Gasteiger partial charge in [0.1, 0.15) is 0 Å². The molecular formula is C3H6BBrFLiO4. The SMILES string of the molecule is O=C(CC(F)Br)OB(O)O.[LiH]. The van der Waals surface area contributed by atoms with Crippen molar-refractivity contribution in [2.75, 3.05) is 0 Å². The second kappa shape index (κ2) is 7.13. The topological polar surface area (TPSA) is 66.8 Å². The van der Waals surface area contributed by atoms with Crippen LogP contribution in [-0.2, 0) is 9.45 Å². The van der Waals surface area contributed by atoms with Crippen LogP contribution in [0.5, 0.6) is 0 Å². The van der Waals surface area contributed by atoms with Crippen LogP contribution < -0.4 is 0 Å². The fourth-order valence-corrected chi connectivity index (χ4v) is 0.556. The van der Waals surface area contributed by atoms with Gasteiger partial charge in [0.2, 0.25) is 0 Å². The Hall–Kier alpha value is 0.462. The van der Waals surface area contributed by atoms with Crippen LogP contribution in [0, 0.1) is 0 Å². The minimum absolute atomic E-state index is 0. The van der Waals surface area contributed by atoms with Crippen molar-refractivity contribution in [2.24, 2.45) is 0 Å². The second-order valence-corrected chi connectivity index (χ2v) is 2.40. The molecule has 0 rings (SSSR count). The van der Waals surface area contributed by atoms with E-state index in [1.54, 1.807) is 0 Å². The predicted octanol–water partition coefficient (Wildman–Crippen LogP) is -1.07. The summed E-state index contributed by atoms with van der Waals surface area (Å²) in [5, 5.41) is 14.5. The number of carbonyl (C=O) groups excluding carboxylic acids is 1. The molecule has 0 aliphatic heterocycles. The second-order valence-electron chi connectivity index (χ2n) is 1.41. The molecule has 0 fully saturated rings. The van der Waals surface area contributed by atoms with Crippen molar-refractivity contribution in [3.63, 3.8) is 0 Å². The van der Waals surface area contributed by atoms with Gasteiger partial charge >= 0.3 is 26.2 Å². The first kappa shape index (κ1) is 14.0. The molecule has 0 aromatic carbocycles. The third-order valence-electron chi connectivity index (χ3n) is 0.558. The predicted molar refractivity (Wildman–Crippen MR) is 41.9 cm³/mol. The van der Waals surface area contributed by atoms with E-state index in [1.807, 2.05) is 0 Å². The van der Waals surface area contributed by atoms with Gasteiger partial charge in [-0.1, -0.05) is 15.9 Å². The summed E-state index contributed by atoms with van der Waals surface area (Å²) in [5.41, 5.74) is 0. The van der Waals surface area contributed by atoms with Crippen molar-refractivity contribution in [1.82, 2.24) is 0 Å². The Morgan fingerprint density at radius 3 is 2.45 bits per heavy atom. The van der Waals surface area contributed by atoms with E-state index in [0.717, 1.165) is 0 Å². The maximum absolute atomic E-state index is 11.9. The molecule has 4 nitrogen and oxygen atoms in total. The Bertz CT molecular complexity index is 112. The van der Waals surface area contributed by atoms with Crippen LogP contribution in [0.3, 0.4) is 0 Å². The number of hydrogen-bond acceptors (Lipinski definition) is 4. The molecule has 0 spiro atoms. The van der Waals surface area contributed by atoms with Gasteiger partial charge in [-0.3, -0.25) is 4.79 Å². The van der Waals surface area contributed by atoms with Gasteiger partial charge in [-0.2, -0.15) is 0 Å². The Balaban J connectivity index is 0. The monoisotopic (exact) mass is 222 g/mol. The van der Waals surface area contributed by atoms with Crippen molar-refractivity contribution >= 4 is 48.1 Å². The molecule has 0 saturated heterocycles. The van der Waals surface area contributed by atoms with E-state index in [-0.39, 0.29) is 18.9 Å². The molecule has 0 radical (unpaired) electrons. The van der Waals surface area contributed by atoms with Crippen molar-refractivity contribution in [1.29, 1.82) is 0 Å². The molecule has 0 saturated carbocycles. The Morgan fingerprint density at radius 1 is 1.73 bits per heavy atom. The van der Waals surface area contributed by atoms with Gasteiger partial charge in [0, 0.05) is 0 Å². The molecule has 8 heteroatoms. The molecule has 0 heterocycles. The van der Waals surface area contributed by atoms with E-state index in [9.17, 15) is 9.18 Å². The van der Waals surface area contributed by atoms with Gasteiger partial charge in [0.15, 0.2) is 5.08 Å². The van der Waals surface area contributed by atoms with Crippen molar-refractivity contribution < 1.29 is 23.9 Å². The van der Waals surface area contributed by atoms with E-state index in [1.165, 1.54) is 0 Å². The third-order valence-corrected chi connectivity index (χ3v) is 0.882. The van der Waals surface area contributed by atoms with Crippen LogP contribution in [0.1, 0.15) is 6.42 Å². The van der Waals surface area contributed by atoms with E-state index in [2.05, 4.69) is 20.6 Å². The van der Waals surface area contributed by atoms with Gasteiger partial charge in [0.05, 0.1) is 6.42 Å². The standard InChI is InChI=1S/C3H5BBrFO4.Li.H/c5-2(6)1-3(7)10-4(8)9;;/h2,8-9H,1H2;;. The normalized spacial score (nSPS) is 11.3. The molecule has 0 aliphatic rings. The van der Waals surface area contributed by atoms with Gasteiger partial charge in [0.25, 0.3) is 5.97 Å². The molecule has 11 heavy (non-hydrogen) atoms. The fraction of sp³-hybridized carbons (Fsp3) is 0.667. The summed E-state index contributed by atoms with van der Waals surface area (Å²) in [7, 11) is -2.17. The molecule has 0 amide bonds. The maximum atomic E-state index is 11.9. The van der Waals surface area contributed by atoms with Crippen LogP contribution in [0.4, 0.5) is 4.39 Å². The van der Waals surface area contributed by atoms with Crippen LogP contribution in [0.25, 0.3) is 0 Å².